The smallest absolute Gasteiger partial charge is 0.416 e. The molecular weight excluding hydrogens is 325 g/mol. The summed E-state index contributed by atoms with van der Waals surface area (Å²) in [7, 11) is 0. The minimum atomic E-state index is -4.22. The summed E-state index contributed by atoms with van der Waals surface area (Å²) < 4.78 is 35.9. The number of aryl methyl sites for hydroxylation is 1. The first-order chi connectivity index (χ1) is 11.2. The second kappa shape index (κ2) is 8.99. The number of aromatic amines is 1. The van der Waals surface area contributed by atoms with Gasteiger partial charge in [-0.3, -0.25) is 4.79 Å². The Kier molecular flexibility index (Phi) is 7.34. The number of rotatable bonds is 5. The Morgan fingerprint density at radius 1 is 1.38 bits per heavy atom. The summed E-state index contributed by atoms with van der Waals surface area (Å²) >= 11 is 0. The van der Waals surface area contributed by atoms with Crippen molar-refractivity contribution in [1.82, 2.24) is 20.6 Å². The van der Waals surface area contributed by atoms with Gasteiger partial charge in [-0.15, -0.1) is 10.2 Å². The van der Waals surface area contributed by atoms with Gasteiger partial charge in [0, 0.05) is 6.42 Å². The molecule has 0 saturated carbocycles. The Morgan fingerprint density at radius 3 is 2.50 bits per heavy atom. The summed E-state index contributed by atoms with van der Waals surface area (Å²) in [5.74, 6) is -0.741. The van der Waals surface area contributed by atoms with E-state index in [1.54, 1.807) is 13.0 Å². The molecule has 132 valence electrons. The molecule has 0 bridgehead atoms. The van der Waals surface area contributed by atoms with E-state index in [4.69, 9.17) is 5.11 Å². The third kappa shape index (κ3) is 6.76. The Balaban J connectivity index is 0.000000243. The van der Waals surface area contributed by atoms with Gasteiger partial charge in [0.1, 0.15) is 0 Å². The number of hydrogen-bond donors (Lipinski definition) is 2. The Labute approximate surface area is 137 Å². The molecule has 0 aliphatic heterocycles. The van der Waals surface area contributed by atoms with Gasteiger partial charge in [0.25, 0.3) is 0 Å². The van der Waals surface area contributed by atoms with Gasteiger partial charge in [0.05, 0.1) is 11.5 Å². The molecule has 1 aromatic carbocycles. The number of aliphatic carboxylic acids is 1. The molecule has 0 spiro atoms. The average molecular weight is 344 g/mol. The largest absolute Gasteiger partial charge is 0.481 e. The number of halogens is 3. The molecule has 1 atom stereocenters. The fourth-order valence-corrected chi connectivity index (χ4v) is 1.97. The normalized spacial score (nSPS) is 12.2. The maximum Gasteiger partial charge on any atom is 0.416 e. The SMILES string of the molecule is CCC[C@@H](Cc1nn[nH]n1)C(=O)O.Cc1cccc(C(F)(F)F)c1. The lowest BCUT2D eigenvalue weighted by atomic mass is 10.00. The first-order valence-corrected chi connectivity index (χ1v) is 7.33. The number of carbonyl (C=O) groups is 1. The van der Waals surface area contributed by atoms with E-state index < -0.39 is 23.6 Å². The summed E-state index contributed by atoms with van der Waals surface area (Å²) in [5.41, 5.74) is 0.0392. The van der Waals surface area contributed by atoms with Gasteiger partial charge in [0.2, 0.25) is 0 Å². The minimum absolute atomic E-state index is 0.347. The molecule has 0 radical (unpaired) electrons. The number of carboxylic acid groups (broad SMARTS) is 1. The van der Waals surface area contributed by atoms with Gasteiger partial charge in [0.15, 0.2) is 5.82 Å². The van der Waals surface area contributed by atoms with E-state index >= 15 is 0 Å². The van der Waals surface area contributed by atoms with Crippen LogP contribution in [0, 0.1) is 12.8 Å². The number of carboxylic acids is 1. The summed E-state index contributed by atoms with van der Waals surface area (Å²) in [6.45, 7) is 3.58. The molecule has 24 heavy (non-hydrogen) atoms. The van der Waals surface area contributed by atoms with Crippen molar-refractivity contribution >= 4 is 5.97 Å². The molecular formula is C15H19F3N4O2. The van der Waals surface area contributed by atoms with Crippen LogP contribution >= 0.6 is 0 Å². The van der Waals surface area contributed by atoms with Gasteiger partial charge in [-0.2, -0.15) is 18.4 Å². The molecule has 2 rings (SSSR count). The van der Waals surface area contributed by atoms with Crippen LogP contribution in [0.2, 0.25) is 0 Å². The lowest BCUT2D eigenvalue weighted by Gasteiger charge is -2.06. The first kappa shape index (κ1) is 19.6. The molecule has 0 aliphatic rings. The number of aromatic nitrogens is 4. The van der Waals surface area contributed by atoms with Crippen LogP contribution < -0.4 is 0 Å². The summed E-state index contributed by atoms with van der Waals surface area (Å²) in [4.78, 5) is 10.7. The zero-order chi connectivity index (χ0) is 18.2. The first-order valence-electron chi connectivity index (χ1n) is 7.33. The second-order valence-electron chi connectivity index (χ2n) is 5.22. The quantitative estimate of drug-likeness (QED) is 0.869. The molecule has 0 unspecified atom stereocenters. The lowest BCUT2D eigenvalue weighted by molar-refractivity contribution is -0.142. The molecule has 1 aromatic heterocycles. The summed E-state index contributed by atoms with van der Waals surface area (Å²) in [6.07, 6.45) is -2.38. The highest BCUT2D eigenvalue weighted by Crippen LogP contribution is 2.29. The standard InChI is InChI=1S/C8H7F3.C7H12N4O2/c1-6-3-2-4-7(5-6)8(9,10)11;1-2-3-5(7(12)13)4-6-8-10-11-9-6/h2-5H,1H3;5H,2-4H2,1H3,(H,12,13)(H,8,9,10,11)/t;5-/m.0/s1. The third-order valence-electron chi connectivity index (χ3n) is 3.15. The number of benzene rings is 1. The van der Waals surface area contributed by atoms with E-state index in [1.165, 1.54) is 6.07 Å². The zero-order valence-corrected chi connectivity index (χ0v) is 13.3. The Bertz CT molecular complexity index is 630. The van der Waals surface area contributed by atoms with E-state index in [2.05, 4.69) is 20.6 Å². The van der Waals surface area contributed by atoms with Crippen LogP contribution in [0.1, 0.15) is 36.7 Å². The molecule has 0 aliphatic carbocycles. The van der Waals surface area contributed by atoms with Gasteiger partial charge in [-0.1, -0.05) is 42.3 Å². The molecule has 2 N–H and O–H groups in total. The van der Waals surface area contributed by atoms with Crippen LogP contribution in [0.4, 0.5) is 13.2 Å². The second-order valence-corrected chi connectivity index (χ2v) is 5.22. The van der Waals surface area contributed by atoms with E-state index in [0.717, 1.165) is 18.6 Å². The highest BCUT2D eigenvalue weighted by atomic mass is 19.4. The van der Waals surface area contributed by atoms with E-state index in [0.29, 0.717) is 24.2 Å². The van der Waals surface area contributed by atoms with Gasteiger partial charge < -0.3 is 5.11 Å². The van der Waals surface area contributed by atoms with Crippen molar-refractivity contribution in [3.63, 3.8) is 0 Å². The van der Waals surface area contributed by atoms with Crippen molar-refractivity contribution in [3.8, 4) is 0 Å². The zero-order valence-electron chi connectivity index (χ0n) is 13.3. The van der Waals surface area contributed by atoms with E-state index in [1.807, 2.05) is 6.92 Å². The number of nitrogens with one attached hydrogen (secondary N) is 1. The monoisotopic (exact) mass is 344 g/mol. The molecule has 1 heterocycles. The van der Waals surface area contributed by atoms with Crippen molar-refractivity contribution in [2.75, 3.05) is 0 Å². The van der Waals surface area contributed by atoms with Crippen molar-refractivity contribution in [1.29, 1.82) is 0 Å². The fourth-order valence-electron chi connectivity index (χ4n) is 1.97. The average Bonchev–Trinajstić information content (AvgIpc) is 2.99. The van der Waals surface area contributed by atoms with Crippen LogP contribution in [0.3, 0.4) is 0 Å². The van der Waals surface area contributed by atoms with Crippen LogP contribution in [0.25, 0.3) is 0 Å². The molecule has 2 aromatic rings. The highest BCUT2D eigenvalue weighted by molar-refractivity contribution is 5.70. The van der Waals surface area contributed by atoms with Crippen molar-refractivity contribution in [2.24, 2.45) is 5.92 Å². The van der Waals surface area contributed by atoms with Crippen molar-refractivity contribution in [3.05, 3.63) is 41.2 Å². The van der Waals surface area contributed by atoms with Gasteiger partial charge in [-0.05, 0) is 19.4 Å². The van der Waals surface area contributed by atoms with Crippen molar-refractivity contribution in [2.45, 2.75) is 39.3 Å². The number of alkyl halides is 3. The van der Waals surface area contributed by atoms with Crippen LogP contribution in [0.15, 0.2) is 24.3 Å². The number of hydrogen-bond acceptors (Lipinski definition) is 4. The van der Waals surface area contributed by atoms with E-state index in [-0.39, 0.29) is 0 Å². The Morgan fingerprint density at radius 2 is 2.08 bits per heavy atom. The number of nitrogens with zero attached hydrogens (tertiary/aromatic N) is 3. The fraction of sp³-hybridized carbons (Fsp3) is 0.467. The maximum atomic E-state index is 12.0. The number of H-pyrrole nitrogens is 1. The molecule has 0 saturated heterocycles. The predicted octanol–water partition coefficient (Wildman–Crippen LogP) is 3.26. The van der Waals surface area contributed by atoms with Gasteiger partial charge in [-0.25, -0.2) is 0 Å². The minimum Gasteiger partial charge on any atom is -0.481 e. The molecule has 0 fully saturated rings. The number of tetrazole rings is 1. The lowest BCUT2D eigenvalue weighted by Crippen LogP contribution is -2.16. The maximum absolute atomic E-state index is 12.0. The van der Waals surface area contributed by atoms with Crippen LogP contribution in [-0.4, -0.2) is 31.7 Å². The molecule has 6 nitrogen and oxygen atoms in total. The van der Waals surface area contributed by atoms with Crippen LogP contribution in [-0.2, 0) is 17.4 Å². The molecule has 0 amide bonds. The summed E-state index contributed by atoms with van der Waals surface area (Å²) in [6, 6.07) is 5.22. The predicted molar refractivity (Wildman–Crippen MR) is 80.1 cm³/mol. The van der Waals surface area contributed by atoms with Crippen LogP contribution in [0.5, 0.6) is 0 Å². The highest BCUT2D eigenvalue weighted by Gasteiger charge is 2.29. The summed E-state index contributed by atoms with van der Waals surface area (Å²) in [5, 5.41) is 21.9. The van der Waals surface area contributed by atoms with Crippen molar-refractivity contribution < 1.29 is 23.1 Å². The van der Waals surface area contributed by atoms with E-state index in [9.17, 15) is 18.0 Å². The topological polar surface area (TPSA) is 91.8 Å². The Hall–Kier alpha value is -2.45. The van der Waals surface area contributed by atoms with Gasteiger partial charge >= 0.3 is 12.1 Å². The molecule has 9 heteroatoms. The third-order valence-corrected chi connectivity index (χ3v) is 3.15.